The number of likely N-dealkylation sites (tertiary alicyclic amines) is 1. The zero-order chi connectivity index (χ0) is 11.5. The minimum atomic E-state index is 0.296. The van der Waals surface area contributed by atoms with Crippen LogP contribution in [0.5, 0.6) is 0 Å². The molecule has 2 heterocycles. The molecule has 0 saturated carbocycles. The molecule has 88 valence electrons. The van der Waals surface area contributed by atoms with Gasteiger partial charge in [0.1, 0.15) is 0 Å². The van der Waals surface area contributed by atoms with Crippen molar-refractivity contribution < 1.29 is 0 Å². The zero-order valence-electron chi connectivity index (χ0n) is 9.49. The Labute approximate surface area is 101 Å². The fourth-order valence-corrected chi connectivity index (χ4v) is 2.36. The van der Waals surface area contributed by atoms with E-state index in [2.05, 4.69) is 22.1 Å². The summed E-state index contributed by atoms with van der Waals surface area (Å²) in [6.07, 6.45) is 3.46. The molecule has 2 N–H and O–H groups in total. The summed E-state index contributed by atoms with van der Waals surface area (Å²) < 4.78 is 0. The molecule has 1 aliphatic rings. The van der Waals surface area contributed by atoms with Crippen molar-refractivity contribution in [2.24, 2.45) is 5.92 Å². The van der Waals surface area contributed by atoms with Crippen molar-refractivity contribution in [3.63, 3.8) is 0 Å². The van der Waals surface area contributed by atoms with Gasteiger partial charge in [-0.1, -0.05) is 11.6 Å². The van der Waals surface area contributed by atoms with Crippen LogP contribution in [0.15, 0.2) is 6.07 Å². The molecule has 4 nitrogen and oxygen atoms in total. The first-order valence-corrected chi connectivity index (χ1v) is 5.99. The number of nitrogens with two attached hydrogens (primary N) is 1. The van der Waals surface area contributed by atoms with Gasteiger partial charge in [-0.15, -0.1) is 5.10 Å². The van der Waals surface area contributed by atoms with Gasteiger partial charge in [0.05, 0.1) is 11.4 Å². The lowest BCUT2D eigenvalue weighted by atomic mass is 9.93. The van der Waals surface area contributed by atoms with E-state index < -0.39 is 0 Å². The Morgan fingerprint density at radius 3 is 3.06 bits per heavy atom. The molecule has 2 rings (SSSR count). The fraction of sp³-hybridized carbons (Fsp3) is 0.636. The van der Waals surface area contributed by atoms with E-state index in [0.29, 0.717) is 16.8 Å². The topological polar surface area (TPSA) is 55.0 Å². The third kappa shape index (κ3) is 2.83. The first-order chi connectivity index (χ1) is 7.65. The number of anilines is 1. The maximum absolute atomic E-state index is 5.74. The second kappa shape index (κ2) is 4.97. The smallest absolute Gasteiger partial charge is 0.174 e. The van der Waals surface area contributed by atoms with Crippen LogP contribution in [0.3, 0.4) is 0 Å². The quantitative estimate of drug-likeness (QED) is 0.853. The van der Waals surface area contributed by atoms with Gasteiger partial charge in [-0.25, -0.2) is 0 Å². The van der Waals surface area contributed by atoms with Crippen LogP contribution in [0.4, 0.5) is 5.69 Å². The Hall–Kier alpha value is -0.870. The number of halogens is 1. The summed E-state index contributed by atoms with van der Waals surface area (Å²) in [6.45, 7) is 2.33. The molecule has 1 aliphatic heterocycles. The normalized spacial score (nSPS) is 22.2. The van der Waals surface area contributed by atoms with E-state index in [1.54, 1.807) is 0 Å². The van der Waals surface area contributed by atoms with Crippen molar-refractivity contribution in [3.05, 3.63) is 16.9 Å². The molecule has 1 aromatic heterocycles. The number of nitrogen functional groups attached to an aromatic ring is 1. The molecular formula is C11H17ClN4. The van der Waals surface area contributed by atoms with Gasteiger partial charge >= 0.3 is 0 Å². The van der Waals surface area contributed by atoms with Gasteiger partial charge in [-0.2, -0.15) is 5.10 Å². The van der Waals surface area contributed by atoms with Crippen molar-refractivity contribution >= 4 is 17.3 Å². The zero-order valence-corrected chi connectivity index (χ0v) is 10.2. The Bertz CT molecular complexity index is 369. The van der Waals surface area contributed by atoms with E-state index in [9.17, 15) is 0 Å². The SMILES string of the molecule is CN1CCCC(Cc2cc(N)c(Cl)nn2)C1. The lowest BCUT2D eigenvalue weighted by Gasteiger charge is -2.29. The predicted molar refractivity (Wildman–Crippen MR) is 65.4 cm³/mol. The average Bonchev–Trinajstić information content (AvgIpc) is 2.24. The summed E-state index contributed by atoms with van der Waals surface area (Å²) in [6, 6.07) is 1.84. The summed E-state index contributed by atoms with van der Waals surface area (Å²) in [5, 5.41) is 8.21. The molecule has 0 aromatic carbocycles. The van der Waals surface area contributed by atoms with Crippen LogP contribution in [0.2, 0.25) is 5.15 Å². The van der Waals surface area contributed by atoms with Gasteiger partial charge in [0.2, 0.25) is 0 Å². The van der Waals surface area contributed by atoms with Gasteiger partial charge in [0.15, 0.2) is 5.15 Å². The van der Waals surface area contributed by atoms with Crippen LogP contribution in [0, 0.1) is 5.92 Å². The second-order valence-corrected chi connectivity index (χ2v) is 4.91. The van der Waals surface area contributed by atoms with Crippen LogP contribution in [-0.2, 0) is 6.42 Å². The number of aromatic nitrogens is 2. The summed E-state index contributed by atoms with van der Waals surface area (Å²) in [7, 11) is 2.16. The van der Waals surface area contributed by atoms with E-state index in [-0.39, 0.29) is 0 Å². The van der Waals surface area contributed by atoms with Crippen LogP contribution in [-0.4, -0.2) is 35.2 Å². The Balaban J connectivity index is 2.00. The largest absolute Gasteiger partial charge is 0.396 e. The van der Waals surface area contributed by atoms with E-state index in [0.717, 1.165) is 18.7 Å². The average molecular weight is 241 g/mol. The lowest BCUT2D eigenvalue weighted by molar-refractivity contribution is 0.208. The molecule has 0 bridgehead atoms. The van der Waals surface area contributed by atoms with Crippen molar-refractivity contribution in [1.29, 1.82) is 0 Å². The van der Waals surface area contributed by atoms with Gasteiger partial charge < -0.3 is 10.6 Å². The van der Waals surface area contributed by atoms with Crippen LogP contribution < -0.4 is 5.73 Å². The summed E-state index contributed by atoms with van der Waals surface area (Å²) in [4.78, 5) is 2.36. The molecule has 1 saturated heterocycles. The molecule has 1 aromatic rings. The molecule has 16 heavy (non-hydrogen) atoms. The third-order valence-corrected chi connectivity index (χ3v) is 3.34. The molecule has 1 atom stereocenters. The van der Waals surface area contributed by atoms with Crippen molar-refractivity contribution in [2.75, 3.05) is 25.9 Å². The monoisotopic (exact) mass is 240 g/mol. The minimum absolute atomic E-state index is 0.296. The number of nitrogens with zero attached hydrogens (tertiary/aromatic N) is 3. The first kappa shape index (κ1) is 11.6. The number of hydrogen-bond donors (Lipinski definition) is 1. The highest BCUT2D eigenvalue weighted by Crippen LogP contribution is 2.21. The lowest BCUT2D eigenvalue weighted by Crippen LogP contribution is -2.33. The Morgan fingerprint density at radius 1 is 1.56 bits per heavy atom. The molecule has 5 heteroatoms. The Morgan fingerprint density at radius 2 is 2.38 bits per heavy atom. The first-order valence-electron chi connectivity index (χ1n) is 5.61. The number of piperidine rings is 1. The van der Waals surface area contributed by atoms with E-state index >= 15 is 0 Å². The van der Waals surface area contributed by atoms with Crippen LogP contribution in [0.1, 0.15) is 18.5 Å². The Kier molecular flexibility index (Phi) is 3.61. The molecule has 0 radical (unpaired) electrons. The third-order valence-electron chi connectivity index (χ3n) is 3.05. The van der Waals surface area contributed by atoms with Gasteiger partial charge in [-0.05, 0) is 44.8 Å². The molecular weight excluding hydrogens is 224 g/mol. The van der Waals surface area contributed by atoms with Crippen molar-refractivity contribution in [3.8, 4) is 0 Å². The van der Waals surface area contributed by atoms with Crippen molar-refractivity contribution in [1.82, 2.24) is 15.1 Å². The van der Waals surface area contributed by atoms with Crippen LogP contribution >= 0.6 is 11.6 Å². The predicted octanol–water partition coefficient (Wildman–Crippen LogP) is 1.60. The van der Waals surface area contributed by atoms with Gasteiger partial charge in [0, 0.05) is 6.54 Å². The maximum atomic E-state index is 5.74. The highest BCUT2D eigenvalue weighted by atomic mass is 35.5. The standard InChI is InChI=1S/C11H17ClN4/c1-16-4-2-3-8(7-16)5-9-6-10(13)11(12)15-14-9/h6,8H,2-5,7H2,1H3,(H2,13,14). The molecule has 1 unspecified atom stereocenters. The maximum Gasteiger partial charge on any atom is 0.174 e. The van der Waals surface area contributed by atoms with Crippen LogP contribution in [0.25, 0.3) is 0 Å². The number of hydrogen-bond acceptors (Lipinski definition) is 4. The second-order valence-electron chi connectivity index (χ2n) is 4.56. The highest BCUT2D eigenvalue weighted by molar-refractivity contribution is 6.31. The van der Waals surface area contributed by atoms with Crippen molar-refractivity contribution in [2.45, 2.75) is 19.3 Å². The summed E-state index contributed by atoms with van der Waals surface area (Å²) >= 11 is 5.74. The fourth-order valence-electron chi connectivity index (χ4n) is 2.27. The van der Waals surface area contributed by atoms with E-state index in [4.69, 9.17) is 17.3 Å². The van der Waals surface area contributed by atoms with Gasteiger partial charge in [0.25, 0.3) is 0 Å². The number of rotatable bonds is 2. The summed E-state index contributed by atoms with van der Waals surface area (Å²) in [5.74, 6) is 0.661. The molecule has 1 fully saturated rings. The minimum Gasteiger partial charge on any atom is -0.396 e. The van der Waals surface area contributed by atoms with Gasteiger partial charge in [-0.3, -0.25) is 0 Å². The molecule has 0 amide bonds. The van der Waals surface area contributed by atoms with E-state index in [1.165, 1.54) is 19.4 Å². The van der Waals surface area contributed by atoms with E-state index in [1.807, 2.05) is 6.07 Å². The molecule has 0 spiro atoms. The summed E-state index contributed by atoms with van der Waals surface area (Å²) in [5.41, 5.74) is 7.18. The molecule has 0 aliphatic carbocycles. The highest BCUT2D eigenvalue weighted by Gasteiger charge is 2.18.